The third-order valence-electron chi connectivity index (χ3n) is 6.31. The molecule has 0 bridgehead atoms. The predicted octanol–water partition coefficient (Wildman–Crippen LogP) is 4.40. The average Bonchev–Trinajstić information content (AvgIpc) is 3.47. The van der Waals surface area contributed by atoms with E-state index in [1.807, 2.05) is 61.5 Å². The van der Waals surface area contributed by atoms with Gasteiger partial charge in [-0.3, -0.25) is 9.69 Å². The molecule has 3 aromatic carbocycles. The number of nitrogens with zero attached hydrogens (tertiary/aromatic N) is 3. The molecule has 2 atom stereocenters. The Morgan fingerprint density at radius 1 is 1.03 bits per heavy atom. The molecule has 0 unspecified atom stereocenters. The fourth-order valence-electron chi connectivity index (χ4n) is 4.60. The Morgan fingerprint density at radius 2 is 1.76 bits per heavy atom. The third-order valence-corrected chi connectivity index (χ3v) is 6.31. The van der Waals surface area contributed by atoms with Crippen molar-refractivity contribution in [3.8, 4) is 34.0 Å². The SMILES string of the molecule is Cc1c(-c2ccccc2)cccc1-c1nc(-c2cccc(CN3C[C@H](O)C[C@H]3C(=O)O)c2)no1. The van der Waals surface area contributed by atoms with Gasteiger partial charge in [0.25, 0.3) is 5.89 Å². The Labute approximate surface area is 197 Å². The molecule has 0 aliphatic carbocycles. The van der Waals surface area contributed by atoms with Gasteiger partial charge < -0.3 is 14.7 Å². The van der Waals surface area contributed by atoms with Crippen LogP contribution in [0.5, 0.6) is 0 Å². The lowest BCUT2D eigenvalue weighted by Crippen LogP contribution is -2.35. The maximum Gasteiger partial charge on any atom is 0.321 e. The van der Waals surface area contributed by atoms with Crippen LogP contribution in [0.1, 0.15) is 17.5 Å². The molecule has 7 nitrogen and oxygen atoms in total. The minimum Gasteiger partial charge on any atom is -0.480 e. The van der Waals surface area contributed by atoms with Gasteiger partial charge in [-0.25, -0.2) is 0 Å². The van der Waals surface area contributed by atoms with Crippen LogP contribution >= 0.6 is 0 Å². The second kappa shape index (κ2) is 9.21. The molecule has 1 fully saturated rings. The van der Waals surface area contributed by atoms with Crippen LogP contribution in [0.3, 0.4) is 0 Å². The average molecular weight is 456 g/mol. The molecule has 34 heavy (non-hydrogen) atoms. The van der Waals surface area contributed by atoms with Crippen LogP contribution in [-0.4, -0.2) is 49.9 Å². The standard InChI is InChI=1S/C27H25N3O4/c1-17-22(19-8-3-2-4-9-19)11-6-12-23(17)26-28-25(29-34-26)20-10-5-7-18(13-20)15-30-16-21(31)14-24(30)27(32)33/h2-13,21,24,31H,14-16H2,1H3,(H,32,33)/t21-,24+/m1/s1. The van der Waals surface area contributed by atoms with Gasteiger partial charge in [0.2, 0.25) is 5.82 Å². The highest BCUT2D eigenvalue weighted by molar-refractivity contribution is 5.76. The molecule has 1 aliphatic heterocycles. The molecule has 1 saturated heterocycles. The highest BCUT2D eigenvalue weighted by atomic mass is 16.5. The van der Waals surface area contributed by atoms with Gasteiger partial charge in [0.05, 0.1) is 6.10 Å². The Balaban J connectivity index is 1.40. The van der Waals surface area contributed by atoms with Gasteiger partial charge in [0, 0.05) is 30.6 Å². The first-order valence-electron chi connectivity index (χ1n) is 11.2. The smallest absolute Gasteiger partial charge is 0.321 e. The van der Waals surface area contributed by atoms with Crippen molar-refractivity contribution in [1.29, 1.82) is 0 Å². The van der Waals surface area contributed by atoms with Crippen molar-refractivity contribution in [1.82, 2.24) is 15.0 Å². The summed E-state index contributed by atoms with van der Waals surface area (Å²) in [7, 11) is 0. The second-order valence-electron chi connectivity index (χ2n) is 8.64. The first-order valence-corrected chi connectivity index (χ1v) is 11.2. The second-order valence-corrected chi connectivity index (χ2v) is 8.64. The molecule has 7 heteroatoms. The molecule has 2 N–H and O–H groups in total. The highest BCUT2D eigenvalue weighted by Crippen LogP contribution is 2.32. The lowest BCUT2D eigenvalue weighted by Gasteiger charge is -2.20. The maximum absolute atomic E-state index is 11.5. The van der Waals surface area contributed by atoms with Gasteiger partial charge >= 0.3 is 5.97 Å². The van der Waals surface area contributed by atoms with Gasteiger partial charge in [-0.1, -0.05) is 65.8 Å². The zero-order valence-electron chi connectivity index (χ0n) is 18.8. The molecule has 5 rings (SSSR count). The number of likely N-dealkylation sites (tertiary alicyclic amines) is 1. The van der Waals surface area contributed by atoms with E-state index in [0.717, 1.165) is 33.4 Å². The van der Waals surface area contributed by atoms with Crippen molar-refractivity contribution in [2.24, 2.45) is 0 Å². The topological polar surface area (TPSA) is 99.7 Å². The van der Waals surface area contributed by atoms with E-state index in [1.165, 1.54) is 0 Å². The highest BCUT2D eigenvalue weighted by Gasteiger charge is 2.35. The van der Waals surface area contributed by atoms with Gasteiger partial charge in [-0.2, -0.15) is 4.98 Å². The van der Waals surface area contributed by atoms with Crippen LogP contribution in [0.4, 0.5) is 0 Å². The summed E-state index contributed by atoms with van der Waals surface area (Å²) in [4.78, 5) is 18.0. The fraction of sp³-hybridized carbons (Fsp3) is 0.222. The Kier molecular flexibility index (Phi) is 5.96. The van der Waals surface area contributed by atoms with Crippen LogP contribution in [0, 0.1) is 6.92 Å². The molecule has 0 radical (unpaired) electrons. The minimum absolute atomic E-state index is 0.241. The Bertz CT molecular complexity index is 1320. The number of aromatic nitrogens is 2. The van der Waals surface area contributed by atoms with E-state index in [4.69, 9.17) is 4.52 Å². The zero-order chi connectivity index (χ0) is 23.7. The lowest BCUT2D eigenvalue weighted by atomic mass is 9.96. The number of benzene rings is 3. The summed E-state index contributed by atoms with van der Waals surface area (Å²) in [5.74, 6) is 0.00510. The van der Waals surface area contributed by atoms with Crippen molar-refractivity contribution < 1.29 is 19.5 Å². The number of hydrogen-bond acceptors (Lipinski definition) is 6. The first kappa shape index (κ1) is 22.0. The van der Waals surface area contributed by atoms with Crippen LogP contribution in [0.2, 0.25) is 0 Å². The molecule has 0 saturated carbocycles. The summed E-state index contributed by atoms with van der Waals surface area (Å²) in [6, 6.07) is 23.2. The van der Waals surface area contributed by atoms with E-state index in [-0.39, 0.29) is 6.42 Å². The first-order chi connectivity index (χ1) is 16.5. The molecule has 0 amide bonds. The normalized spacial score (nSPS) is 18.3. The lowest BCUT2D eigenvalue weighted by molar-refractivity contribution is -0.142. The van der Waals surface area contributed by atoms with Gasteiger partial charge in [0.1, 0.15) is 6.04 Å². The van der Waals surface area contributed by atoms with Gasteiger partial charge in [0.15, 0.2) is 0 Å². The minimum atomic E-state index is -0.913. The molecule has 172 valence electrons. The number of aliphatic hydroxyl groups is 1. The largest absolute Gasteiger partial charge is 0.480 e. The Morgan fingerprint density at radius 3 is 2.56 bits per heavy atom. The third kappa shape index (κ3) is 4.35. The van der Waals surface area contributed by atoms with E-state index in [1.54, 1.807) is 4.90 Å². The van der Waals surface area contributed by atoms with E-state index in [9.17, 15) is 15.0 Å². The van der Waals surface area contributed by atoms with E-state index >= 15 is 0 Å². The number of aliphatic carboxylic acids is 1. The van der Waals surface area contributed by atoms with Crippen molar-refractivity contribution in [2.45, 2.75) is 32.0 Å². The van der Waals surface area contributed by atoms with Crippen LogP contribution in [-0.2, 0) is 11.3 Å². The predicted molar refractivity (Wildman–Crippen MR) is 128 cm³/mol. The summed E-state index contributed by atoms with van der Waals surface area (Å²) in [6.07, 6.45) is -0.385. The number of carbonyl (C=O) groups is 1. The van der Waals surface area contributed by atoms with Crippen molar-refractivity contribution >= 4 is 5.97 Å². The molecule has 4 aromatic rings. The van der Waals surface area contributed by atoms with Crippen LogP contribution in [0.15, 0.2) is 77.3 Å². The summed E-state index contributed by atoms with van der Waals surface area (Å²) in [6.45, 7) is 2.81. The molecular formula is C27H25N3O4. The van der Waals surface area contributed by atoms with E-state index in [0.29, 0.717) is 24.8 Å². The molecule has 1 aliphatic rings. The summed E-state index contributed by atoms with van der Waals surface area (Å²) in [5.41, 5.74) is 5.89. The summed E-state index contributed by atoms with van der Waals surface area (Å²) < 4.78 is 5.63. The summed E-state index contributed by atoms with van der Waals surface area (Å²) in [5, 5.41) is 23.6. The number of carboxylic acids is 1. The number of β-amino-alcohol motifs (C(OH)–C–C–N with tert-alkyl or cyclic N) is 1. The summed E-state index contributed by atoms with van der Waals surface area (Å²) >= 11 is 0. The molecular weight excluding hydrogens is 430 g/mol. The van der Waals surface area contributed by atoms with Crippen molar-refractivity contribution in [3.63, 3.8) is 0 Å². The van der Waals surface area contributed by atoms with Gasteiger partial charge in [-0.05, 0) is 41.3 Å². The van der Waals surface area contributed by atoms with E-state index < -0.39 is 18.1 Å². The van der Waals surface area contributed by atoms with Crippen molar-refractivity contribution in [3.05, 3.63) is 83.9 Å². The van der Waals surface area contributed by atoms with Crippen LogP contribution < -0.4 is 0 Å². The number of hydrogen-bond donors (Lipinski definition) is 2. The number of aliphatic hydroxyl groups excluding tert-OH is 1. The fourth-order valence-corrected chi connectivity index (χ4v) is 4.60. The monoisotopic (exact) mass is 455 g/mol. The maximum atomic E-state index is 11.5. The quantitative estimate of drug-likeness (QED) is 0.445. The number of rotatable bonds is 6. The van der Waals surface area contributed by atoms with Gasteiger partial charge in [-0.15, -0.1) is 0 Å². The molecule has 0 spiro atoms. The number of carboxylic acid groups (broad SMARTS) is 1. The Hall–Kier alpha value is -3.81. The zero-order valence-corrected chi connectivity index (χ0v) is 18.8. The molecule has 2 heterocycles. The van der Waals surface area contributed by atoms with E-state index in [2.05, 4.69) is 28.3 Å². The molecule has 1 aromatic heterocycles. The van der Waals surface area contributed by atoms with Crippen molar-refractivity contribution in [2.75, 3.05) is 6.54 Å². The van der Waals surface area contributed by atoms with Crippen LogP contribution in [0.25, 0.3) is 34.0 Å².